The van der Waals surface area contributed by atoms with Crippen LogP contribution in [-0.4, -0.2) is 75.5 Å². The first kappa shape index (κ1) is 27.4. The van der Waals surface area contributed by atoms with Crippen LogP contribution in [0.5, 0.6) is 0 Å². The molecule has 6 rings (SSSR count). The van der Waals surface area contributed by atoms with Gasteiger partial charge in [0.15, 0.2) is 0 Å². The predicted molar refractivity (Wildman–Crippen MR) is 151 cm³/mol. The number of piperidine rings is 2. The number of nitrogens with one attached hydrogen (secondary N) is 2. The van der Waals surface area contributed by atoms with Crippen LogP contribution in [0.25, 0.3) is 0 Å². The van der Waals surface area contributed by atoms with Gasteiger partial charge in [-0.3, -0.25) is 20.2 Å². The SMILES string of the molecule is C=CC(O)/C=C1\CCC2NN(c3ccc(C4CC4)cc3)C3CCN(C(=O)C4CNC([N+](=O)[O-])C(O)C4)[C@@H](CC1)C23. The van der Waals surface area contributed by atoms with Crippen molar-refractivity contribution in [2.24, 2.45) is 11.8 Å². The molecule has 1 aromatic carbocycles. The topological polar surface area (TPSA) is 131 Å². The number of carbonyl (C=O) groups excluding carboxylic acids is 1. The quantitative estimate of drug-likeness (QED) is 0.241. The maximum atomic E-state index is 13.9. The monoisotopic (exact) mass is 551 g/mol. The molecule has 1 aromatic rings. The third kappa shape index (κ3) is 5.30. The Morgan fingerprint density at radius 2 is 1.88 bits per heavy atom. The minimum atomic E-state index is -1.23. The number of amides is 1. The van der Waals surface area contributed by atoms with Gasteiger partial charge in [-0.2, -0.15) is 0 Å². The van der Waals surface area contributed by atoms with Crippen molar-refractivity contribution in [2.45, 2.75) is 93.8 Å². The number of aliphatic hydroxyl groups is 2. The highest BCUT2D eigenvalue weighted by Gasteiger charge is 2.52. The Morgan fingerprint density at radius 1 is 1.12 bits per heavy atom. The number of anilines is 1. The summed E-state index contributed by atoms with van der Waals surface area (Å²) in [7, 11) is 0. The maximum Gasteiger partial charge on any atom is 0.291 e. The van der Waals surface area contributed by atoms with Crippen molar-refractivity contribution in [1.82, 2.24) is 15.6 Å². The minimum Gasteiger partial charge on any atom is -0.385 e. The average molecular weight is 552 g/mol. The van der Waals surface area contributed by atoms with Gasteiger partial charge in [0.05, 0.1) is 23.8 Å². The fourth-order valence-corrected chi connectivity index (χ4v) is 7.58. The third-order valence-corrected chi connectivity index (χ3v) is 9.78. The van der Waals surface area contributed by atoms with Crippen molar-refractivity contribution in [1.29, 1.82) is 0 Å². The molecule has 40 heavy (non-hydrogen) atoms. The van der Waals surface area contributed by atoms with E-state index in [2.05, 4.69) is 46.6 Å². The summed E-state index contributed by atoms with van der Waals surface area (Å²) in [5.74, 6) is 0.419. The summed E-state index contributed by atoms with van der Waals surface area (Å²) >= 11 is 0. The predicted octanol–water partition coefficient (Wildman–Crippen LogP) is 2.46. The van der Waals surface area contributed by atoms with E-state index < -0.39 is 29.2 Å². The smallest absolute Gasteiger partial charge is 0.291 e. The molecule has 0 aromatic heterocycles. The van der Waals surface area contributed by atoms with E-state index in [9.17, 15) is 25.1 Å². The molecule has 5 aliphatic rings. The van der Waals surface area contributed by atoms with Crippen LogP contribution in [0, 0.1) is 22.0 Å². The average Bonchev–Trinajstić information content (AvgIpc) is 3.73. The molecule has 2 aliphatic carbocycles. The fourth-order valence-electron chi connectivity index (χ4n) is 7.58. The lowest BCUT2D eigenvalue weighted by atomic mass is 9.74. The van der Waals surface area contributed by atoms with Gasteiger partial charge >= 0.3 is 0 Å². The molecule has 10 heteroatoms. The molecule has 1 amide bonds. The molecule has 0 bridgehead atoms. The molecule has 3 saturated heterocycles. The maximum absolute atomic E-state index is 13.9. The lowest BCUT2D eigenvalue weighted by Gasteiger charge is -2.47. The molecule has 3 aliphatic heterocycles. The summed E-state index contributed by atoms with van der Waals surface area (Å²) in [6.07, 6.45) is 7.13. The van der Waals surface area contributed by atoms with Crippen molar-refractivity contribution in [3.8, 4) is 0 Å². The largest absolute Gasteiger partial charge is 0.385 e. The van der Waals surface area contributed by atoms with Crippen LogP contribution in [-0.2, 0) is 4.79 Å². The van der Waals surface area contributed by atoms with E-state index in [0.717, 1.165) is 37.8 Å². The first-order valence-electron chi connectivity index (χ1n) is 14.8. The molecule has 0 radical (unpaired) electrons. The van der Waals surface area contributed by atoms with Crippen LogP contribution in [0.1, 0.15) is 62.8 Å². The highest BCUT2D eigenvalue weighted by atomic mass is 16.6. The van der Waals surface area contributed by atoms with Gasteiger partial charge in [-0.05, 0) is 75.0 Å². The molecule has 2 saturated carbocycles. The number of allylic oxidation sites excluding steroid dienone is 1. The van der Waals surface area contributed by atoms with E-state index >= 15 is 0 Å². The van der Waals surface area contributed by atoms with E-state index in [1.165, 1.54) is 30.1 Å². The summed E-state index contributed by atoms with van der Waals surface area (Å²) in [5.41, 5.74) is 7.57. The van der Waals surface area contributed by atoms with Gasteiger partial charge in [0.2, 0.25) is 5.91 Å². The van der Waals surface area contributed by atoms with Gasteiger partial charge in [0.1, 0.15) is 6.10 Å². The fraction of sp³-hybridized carbons (Fsp3) is 0.633. The number of hydrazine groups is 1. The molecule has 10 nitrogen and oxygen atoms in total. The van der Waals surface area contributed by atoms with Gasteiger partial charge in [0.25, 0.3) is 6.17 Å². The molecule has 7 unspecified atom stereocenters. The molecule has 8 atom stereocenters. The number of hydrogen-bond acceptors (Lipinski definition) is 8. The van der Waals surface area contributed by atoms with Crippen LogP contribution in [0.15, 0.2) is 48.6 Å². The molecular weight excluding hydrogens is 510 g/mol. The van der Waals surface area contributed by atoms with E-state index in [0.29, 0.717) is 12.5 Å². The lowest BCUT2D eigenvalue weighted by molar-refractivity contribution is -0.544. The zero-order valence-electron chi connectivity index (χ0n) is 22.9. The molecule has 3 heterocycles. The van der Waals surface area contributed by atoms with Crippen LogP contribution < -0.4 is 15.8 Å². The van der Waals surface area contributed by atoms with Crippen LogP contribution in [0.2, 0.25) is 0 Å². The van der Waals surface area contributed by atoms with Crippen LogP contribution >= 0.6 is 0 Å². The van der Waals surface area contributed by atoms with Crippen LogP contribution in [0.4, 0.5) is 5.69 Å². The summed E-state index contributed by atoms with van der Waals surface area (Å²) < 4.78 is 0. The number of nitrogens with zero attached hydrogens (tertiary/aromatic N) is 3. The van der Waals surface area contributed by atoms with E-state index in [-0.39, 0.29) is 42.9 Å². The van der Waals surface area contributed by atoms with Crippen molar-refractivity contribution < 1.29 is 19.9 Å². The Labute approximate surface area is 235 Å². The molecule has 0 spiro atoms. The lowest BCUT2D eigenvalue weighted by Crippen LogP contribution is -2.61. The van der Waals surface area contributed by atoms with Crippen molar-refractivity contribution in [3.63, 3.8) is 0 Å². The summed E-state index contributed by atoms with van der Waals surface area (Å²) in [6.45, 7) is 4.51. The van der Waals surface area contributed by atoms with Crippen molar-refractivity contribution >= 4 is 11.6 Å². The standard InChI is InChI=1S/C30H41N5O5/c1-2-23(36)15-18-3-11-24-28-25(12-4-18)33(30(38)21-16-27(37)29(31-17-21)35(39)40)14-13-26(28)34(32-24)22-9-7-20(8-10-22)19-5-6-19/h2,7-10,15,19,21,23-29,31-32,36-37H,1,3-6,11-14,16-17H2/b18-15+/t21?,23?,24?,25-,26?,27?,28?,29?/m0/s1. The number of hydrogen-bond donors (Lipinski definition) is 4. The number of likely N-dealkylation sites (tertiary alicyclic amines) is 1. The van der Waals surface area contributed by atoms with E-state index in [1.807, 2.05) is 11.0 Å². The number of benzene rings is 1. The minimum absolute atomic E-state index is 0.00515. The summed E-state index contributed by atoms with van der Waals surface area (Å²) in [5, 5.41) is 37.0. The summed E-state index contributed by atoms with van der Waals surface area (Å²) in [4.78, 5) is 26.7. The second kappa shape index (κ2) is 11.2. The van der Waals surface area contributed by atoms with Gasteiger partial charge < -0.3 is 20.1 Å². The summed E-state index contributed by atoms with van der Waals surface area (Å²) in [6, 6.07) is 9.37. The van der Waals surface area contributed by atoms with Gasteiger partial charge in [-0.1, -0.05) is 29.9 Å². The highest BCUT2D eigenvalue weighted by Crippen LogP contribution is 2.44. The molecular formula is C30H41N5O5. The van der Waals surface area contributed by atoms with Gasteiger partial charge in [-0.15, -0.1) is 6.58 Å². The van der Waals surface area contributed by atoms with E-state index in [1.54, 1.807) is 0 Å². The third-order valence-electron chi connectivity index (χ3n) is 9.78. The molecule has 216 valence electrons. The normalized spacial score (nSPS) is 36.0. The van der Waals surface area contributed by atoms with E-state index in [4.69, 9.17) is 0 Å². The number of aliphatic hydroxyl groups excluding tert-OH is 2. The number of carbonyl (C=O) groups is 1. The van der Waals surface area contributed by atoms with Gasteiger partial charge in [0, 0.05) is 36.0 Å². The Bertz CT molecular complexity index is 1150. The Kier molecular flexibility index (Phi) is 7.69. The zero-order valence-corrected chi connectivity index (χ0v) is 22.9. The first-order valence-corrected chi connectivity index (χ1v) is 14.8. The number of nitro groups is 1. The Balaban J connectivity index is 1.26. The molecule has 4 N–H and O–H groups in total. The Hall–Kier alpha value is -2.79. The Morgan fingerprint density at radius 3 is 2.55 bits per heavy atom. The first-order chi connectivity index (χ1) is 19.3. The van der Waals surface area contributed by atoms with Gasteiger partial charge in [-0.25, -0.2) is 5.43 Å². The number of rotatable bonds is 6. The van der Waals surface area contributed by atoms with Crippen molar-refractivity contribution in [3.05, 3.63) is 64.2 Å². The molecule has 5 fully saturated rings. The zero-order chi connectivity index (χ0) is 28.0. The van der Waals surface area contributed by atoms with Crippen molar-refractivity contribution in [2.75, 3.05) is 18.1 Å². The second-order valence-corrected chi connectivity index (χ2v) is 12.3. The highest BCUT2D eigenvalue weighted by molar-refractivity contribution is 5.80. The second-order valence-electron chi connectivity index (χ2n) is 12.3. The van der Waals surface area contributed by atoms with Crippen LogP contribution in [0.3, 0.4) is 0 Å².